The van der Waals surface area contributed by atoms with E-state index >= 15 is 0 Å². The lowest BCUT2D eigenvalue weighted by atomic mass is 10.2. The van der Waals surface area contributed by atoms with E-state index in [2.05, 4.69) is 27.3 Å². The number of hydrogen-bond acceptors (Lipinski definition) is 4. The zero-order chi connectivity index (χ0) is 15.5. The van der Waals surface area contributed by atoms with Gasteiger partial charge in [-0.25, -0.2) is 4.98 Å². The Morgan fingerprint density at radius 1 is 1.27 bits per heavy atom. The van der Waals surface area contributed by atoms with Crippen LogP contribution in [0.3, 0.4) is 0 Å². The summed E-state index contributed by atoms with van der Waals surface area (Å²) in [6.45, 7) is 6.26. The van der Waals surface area contributed by atoms with Gasteiger partial charge >= 0.3 is 0 Å². The number of imidazole rings is 1. The molecule has 0 atom stereocenters. The minimum Gasteiger partial charge on any atom is -0.383 e. The Balaban J connectivity index is 1.74. The van der Waals surface area contributed by atoms with Crippen molar-refractivity contribution in [3.63, 3.8) is 0 Å². The molecule has 0 saturated heterocycles. The molecule has 0 radical (unpaired) electrons. The highest BCUT2D eigenvalue weighted by atomic mass is 16.5. The van der Waals surface area contributed by atoms with Crippen LogP contribution in [0, 0.1) is 13.8 Å². The predicted octanol–water partition coefficient (Wildman–Crippen LogP) is 2.63. The number of aromatic nitrogens is 4. The van der Waals surface area contributed by atoms with Gasteiger partial charge in [0.2, 0.25) is 5.95 Å². The highest BCUT2D eigenvalue weighted by Gasteiger charge is 2.11. The molecular weight excluding hydrogens is 278 g/mol. The van der Waals surface area contributed by atoms with Gasteiger partial charge in [0.15, 0.2) is 0 Å². The first-order valence-electron chi connectivity index (χ1n) is 7.39. The van der Waals surface area contributed by atoms with Crippen molar-refractivity contribution in [2.75, 3.05) is 19.0 Å². The molecule has 22 heavy (non-hydrogen) atoms. The summed E-state index contributed by atoms with van der Waals surface area (Å²) in [4.78, 5) is 7.81. The van der Waals surface area contributed by atoms with Gasteiger partial charge in [0.25, 0.3) is 0 Å². The molecular formula is C16H21N5O. The Morgan fingerprint density at radius 2 is 2.09 bits per heavy atom. The van der Waals surface area contributed by atoms with Gasteiger partial charge in [-0.3, -0.25) is 4.68 Å². The number of aromatic amines is 1. The van der Waals surface area contributed by atoms with Crippen LogP contribution in [0.1, 0.15) is 17.0 Å². The number of anilines is 1. The Morgan fingerprint density at radius 3 is 2.86 bits per heavy atom. The number of nitrogens with zero attached hydrogens (tertiary/aromatic N) is 3. The maximum absolute atomic E-state index is 5.12. The van der Waals surface area contributed by atoms with Crippen LogP contribution in [0.15, 0.2) is 24.3 Å². The van der Waals surface area contributed by atoms with Gasteiger partial charge in [-0.05, 0) is 26.0 Å². The average molecular weight is 299 g/mol. The first-order valence-corrected chi connectivity index (χ1v) is 7.39. The van der Waals surface area contributed by atoms with Crippen molar-refractivity contribution >= 4 is 17.0 Å². The van der Waals surface area contributed by atoms with E-state index in [4.69, 9.17) is 4.74 Å². The first-order chi connectivity index (χ1) is 10.7. The molecule has 2 aromatic heterocycles. The van der Waals surface area contributed by atoms with Gasteiger partial charge in [-0.2, -0.15) is 5.10 Å². The third kappa shape index (κ3) is 2.82. The van der Waals surface area contributed by atoms with Gasteiger partial charge in [-0.15, -0.1) is 0 Å². The molecule has 116 valence electrons. The molecule has 0 spiro atoms. The molecule has 3 aromatic rings. The molecule has 6 heteroatoms. The van der Waals surface area contributed by atoms with Crippen LogP contribution in [0.2, 0.25) is 0 Å². The Kier molecular flexibility index (Phi) is 4.11. The quantitative estimate of drug-likeness (QED) is 0.734. The number of nitrogens with one attached hydrogen (secondary N) is 2. The van der Waals surface area contributed by atoms with Gasteiger partial charge < -0.3 is 15.0 Å². The molecule has 0 bridgehead atoms. The van der Waals surface area contributed by atoms with E-state index in [9.17, 15) is 0 Å². The summed E-state index contributed by atoms with van der Waals surface area (Å²) in [6.07, 6.45) is 0. The van der Waals surface area contributed by atoms with E-state index in [1.165, 1.54) is 5.56 Å². The third-order valence-electron chi connectivity index (χ3n) is 3.86. The molecule has 1 aromatic carbocycles. The molecule has 3 rings (SSSR count). The molecule has 0 fully saturated rings. The number of ether oxygens (including phenoxy) is 1. The standard InChI is InChI=1S/C16H21N5O/c1-11-13(12(2)21(20-11)8-9-22-3)10-17-16-18-14-6-4-5-7-15(14)19-16/h4-7H,8-10H2,1-3H3,(H2,17,18,19). The predicted molar refractivity (Wildman–Crippen MR) is 87.0 cm³/mol. The molecule has 0 aliphatic carbocycles. The first kappa shape index (κ1) is 14.6. The topological polar surface area (TPSA) is 67.8 Å². The fraction of sp³-hybridized carbons (Fsp3) is 0.375. The smallest absolute Gasteiger partial charge is 0.201 e. The van der Waals surface area contributed by atoms with Crippen molar-refractivity contribution < 1.29 is 4.74 Å². The summed E-state index contributed by atoms with van der Waals surface area (Å²) >= 11 is 0. The Labute approximate surface area is 129 Å². The summed E-state index contributed by atoms with van der Waals surface area (Å²) < 4.78 is 7.12. The van der Waals surface area contributed by atoms with Crippen molar-refractivity contribution in [1.29, 1.82) is 0 Å². The number of para-hydroxylation sites is 2. The highest BCUT2D eigenvalue weighted by molar-refractivity contribution is 5.77. The molecule has 0 unspecified atom stereocenters. The SMILES string of the molecule is COCCn1nc(C)c(CNc2nc3ccccc3[nH]2)c1C. The van der Waals surface area contributed by atoms with E-state index in [0.717, 1.165) is 34.9 Å². The lowest BCUT2D eigenvalue weighted by Gasteiger charge is -2.05. The van der Waals surface area contributed by atoms with E-state index in [-0.39, 0.29) is 0 Å². The van der Waals surface area contributed by atoms with E-state index < -0.39 is 0 Å². The molecule has 2 N–H and O–H groups in total. The van der Waals surface area contributed by atoms with E-state index in [1.54, 1.807) is 7.11 Å². The van der Waals surface area contributed by atoms with Crippen molar-refractivity contribution in [2.45, 2.75) is 26.9 Å². The third-order valence-corrected chi connectivity index (χ3v) is 3.86. The zero-order valence-electron chi connectivity index (χ0n) is 13.2. The summed E-state index contributed by atoms with van der Waals surface area (Å²) in [6, 6.07) is 8.00. The summed E-state index contributed by atoms with van der Waals surface area (Å²) in [5.41, 5.74) is 5.41. The number of H-pyrrole nitrogens is 1. The van der Waals surface area contributed by atoms with Crippen LogP contribution in [0.25, 0.3) is 11.0 Å². The number of hydrogen-bond donors (Lipinski definition) is 2. The van der Waals surface area contributed by atoms with Crippen molar-refractivity contribution in [3.05, 3.63) is 41.2 Å². The Hall–Kier alpha value is -2.34. The van der Waals surface area contributed by atoms with Gasteiger partial charge in [-0.1, -0.05) is 12.1 Å². The van der Waals surface area contributed by atoms with Crippen LogP contribution in [0.5, 0.6) is 0 Å². The normalized spacial score (nSPS) is 11.2. The summed E-state index contributed by atoms with van der Waals surface area (Å²) in [5.74, 6) is 0.782. The molecule has 0 aliphatic heterocycles. The second-order valence-electron chi connectivity index (χ2n) is 5.32. The fourth-order valence-electron chi connectivity index (χ4n) is 2.59. The summed E-state index contributed by atoms with van der Waals surface area (Å²) in [7, 11) is 1.70. The Bertz CT molecular complexity index is 741. The molecule has 6 nitrogen and oxygen atoms in total. The lowest BCUT2D eigenvalue weighted by molar-refractivity contribution is 0.182. The zero-order valence-corrected chi connectivity index (χ0v) is 13.2. The molecule has 0 aliphatic rings. The second-order valence-corrected chi connectivity index (χ2v) is 5.32. The van der Waals surface area contributed by atoms with Crippen molar-refractivity contribution in [3.8, 4) is 0 Å². The number of rotatable bonds is 6. The average Bonchev–Trinajstić information content (AvgIpc) is 3.04. The highest BCUT2D eigenvalue weighted by Crippen LogP contribution is 2.17. The van der Waals surface area contributed by atoms with Crippen LogP contribution in [0.4, 0.5) is 5.95 Å². The van der Waals surface area contributed by atoms with Crippen molar-refractivity contribution in [1.82, 2.24) is 19.7 Å². The maximum Gasteiger partial charge on any atom is 0.201 e. The van der Waals surface area contributed by atoms with Crippen LogP contribution >= 0.6 is 0 Å². The fourth-order valence-corrected chi connectivity index (χ4v) is 2.59. The van der Waals surface area contributed by atoms with Crippen molar-refractivity contribution in [2.24, 2.45) is 0 Å². The van der Waals surface area contributed by atoms with Crippen LogP contribution in [-0.2, 0) is 17.8 Å². The van der Waals surface area contributed by atoms with Gasteiger partial charge in [0, 0.05) is 24.9 Å². The molecule has 0 saturated carbocycles. The number of methoxy groups -OCH3 is 1. The second kappa shape index (κ2) is 6.19. The lowest BCUT2D eigenvalue weighted by Crippen LogP contribution is -2.08. The number of fused-ring (bicyclic) bond motifs is 1. The van der Waals surface area contributed by atoms with Crippen LogP contribution < -0.4 is 5.32 Å². The monoisotopic (exact) mass is 299 g/mol. The number of aryl methyl sites for hydroxylation is 1. The largest absolute Gasteiger partial charge is 0.383 e. The van der Waals surface area contributed by atoms with Gasteiger partial charge in [0.1, 0.15) is 0 Å². The molecule has 2 heterocycles. The van der Waals surface area contributed by atoms with E-state index in [0.29, 0.717) is 13.2 Å². The minimum atomic E-state index is 0.665. The molecule has 0 amide bonds. The minimum absolute atomic E-state index is 0.665. The van der Waals surface area contributed by atoms with Crippen LogP contribution in [-0.4, -0.2) is 33.5 Å². The van der Waals surface area contributed by atoms with E-state index in [1.807, 2.05) is 35.9 Å². The van der Waals surface area contributed by atoms with Gasteiger partial charge in [0.05, 0.1) is 29.9 Å². The number of benzene rings is 1. The summed E-state index contributed by atoms with van der Waals surface area (Å²) in [5, 5.41) is 7.92. The maximum atomic E-state index is 5.12.